The van der Waals surface area contributed by atoms with Crippen LogP contribution in [0.3, 0.4) is 0 Å². The third-order valence-corrected chi connectivity index (χ3v) is 8.86. The molecule has 0 amide bonds. The van der Waals surface area contributed by atoms with E-state index in [1.165, 1.54) is 21.7 Å². The van der Waals surface area contributed by atoms with Crippen molar-refractivity contribution in [3.8, 4) is 0 Å². The average molecular weight is 495 g/mol. The molecule has 0 radical (unpaired) electrons. The summed E-state index contributed by atoms with van der Waals surface area (Å²) in [6.45, 7) is 13.5. The molecule has 0 N–H and O–H groups in total. The molecule has 1 atom stereocenters. The molecule has 0 saturated carbocycles. The molecule has 0 spiro atoms. The van der Waals surface area contributed by atoms with Crippen molar-refractivity contribution in [3.05, 3.63) is 114 Å². The molecule has 1 aliphatic carbocycles. The molecule has 1 unspecified atom stereocenters. The Morgan fingerprint density at radius 2 is 1.31 bits per heavy atom. The van der Waals surface area contributed by atoms with Gasteiger partial charge in [0.2, 0.25) is 0 Å². The third kappa shape index (κ3) is 6.42. The zero-order chi connectivity index (χ0) is 25.8. The number of nitrogens with zero attached hydrogens (tertiary/aromatic N) is 2. The van der Waals surface area contributed by atoms with Crippen LogP contribution in [0.15, 0.2) is 107 Å². The van der Waals surface area contributed by atoms with Crippen molar-refractivity contribution in [2.24, 2.45) is 4.99 Å². The minimum absolute atomic E-state index is 0.116. The van der Waals surface area contributed by atoms with Crippen LogP contribution in [0.5, 0.6) is 0 Å². The van der Waals surface area contributed by atoms with E-state index in [1.54, 1.807) is 0 Å². The van der Waals surface area contributed by atoms with Crippen molar-refractivity contribution < 1.29 is 0 Å². The Bertz CT molecular complexity index is 1220. The first-order valence-electron chi connectivity index (χ1n) is 12.9. The molecule has 0 aromatic heterocycles. The van der Waals surface area contributed by atoms with Crippen molar-refractivity contribution in [3.63, 3.8) is 0 Å². The van der Waals surface area contributed by atoms with Gasteiger partial charge in [0.15, 0.2) is 0 Å². The predicted octanol–water partition coefficient (Wildman–Crippen LogP) is 9.40. The lowest BCUT2D eigenvalue weighted by molar-refractivity contribution is 0.590. The molecule has 3 heteroatoms. The Balaban J connectivity index is 1.78. The SMILES string of the molecule is CC(C)(C)c1ccc(N=CN(c2ccc(C(C)(C)C)cc2)P(C2=CCCC=C2)c2ccccc2)cc1. The fourth-order valence-electron chi connectivity index (χ4n) is 4.24. The predicted molar refractivity (Wildman–Crippen MR) is 160 cm³/mol. The Morgan fingerprint density at radius 1 is 0.722 bits per heavy atom. The van der Waals surface area contributed by atoms with Gasteiger partial charge in [0.1, 0.15) is 0 Å². The minimum atomic E-state index is -0.814. The zero-order valence-electron chi connectivity index (χ0n) is 22.6. The van der Waals surface area contributed by atoms with E-state index in [0.29, 0.717) is 0 Å². The lowest BCUT2D eigenvalue weighted by Crippen LogP contribution is -2.22. The summed E-state index contributed by atoms with van der Waals surface area (Å²) in [6, 6.07) is 28.5. The second-order valence-electron chi connectivity index (χ2n) is 11.4. The molecule has 3 aromatic carbocycles. The minimum Gasteiger partial charge on any atom is -0.302 e. The van der Waals surface area contributed by atoms with Crippen LogP contribution in [-0.2, 0) is 10.8 Å². The average Bonchev–Trinajstić information content (AvgIpc) is 2.87. The van der Waals surface area contributed by atoms with E-state index in [2.05, 4.69) is 143 Å². The van der Waals surface area contributed by atoms with Crippen LogP contribution in [0.25, 0.3) is 0 Å². The van der Waals surface area contributed by atoms with Crippen LogP contribution >= 0.6 is 8.07 Å². The maximum Gasteiger partial charge on any atom is 0.0995 e. The Morgan fingerprint density at radius 3 is 1.83 bits per heavy atom. The molecule has 36 heavy (non-hydrogen) atoms. The second kappa shape index (κ2) is 11.0. The van der Waals surface area contributed by atoms with E-state index in [4.69, 9.17) is 4.99 Å². The highest BCUT2D eigenvalue weighted by molar-refractivity contribution is 7.72. The Kier molecular flexibility index (Phi) is 7.96. The summed E-state index contributed by atoms with van der Waals surface area (Å²) in [5.74, 6) is 0. The Labute approximate surface area is 219 Å². The molecular formula is C33H39N2P. The van der Waals surface area contributed by atoms with Crippen LogP contribution in [0, 0.1) is 0 Å². The fourth-order valence-corrected chi connectivity index (χ4v) is 6.56. The molecule has 0 aliphatic heterocycles. The van der Waals surface area contributed by atoms with Crippen LogP contribution in [0.1, 0.15) is 65.5 Å². The van der Waals surface area contributed by atoms with Crippen LogP contribution in [0.2, 0.25) is 0 Å². The van der Waals surface area contributed by atoms with Gasteiger partial charge in [0, 0.05) is 11.0 Å². The fraction of sp³-hybridized carbons (Fsp3) is 0.303. The summed E-state index contributed by atoms with van der Waals surface area (Å²) >= 11 is 0. The molecule has 0 fully saturated rings. The smallest absolute Gasteiger partial charge is 0.0995 e. The number of aliphatic imine (C=N–C) groups is 1. The molecule has 1 aliphatic rings. The van der Waals surface area contributed by atoms with Gasteiger partial charge in [-0.15, -0.1) is 0 Å². The van der Waals surface area contributed by atoms with E-state index in [1.807, 2.05) is 6.34 Å². The maximum absolute atomic E-state index is 4.98. The van der Waals surface area contributed by atoms with E-state index in [0.717, 1.165) is 24.2 Å². The van der Waals surface area contributed by atoms with E-state index in [9.17, 15) is 0 Å². The number of allylic oxidation sites excluding steroid dienone is 4. The first-order valence-corrected chi connectivity index (χ1v) is 14.2. The van der Waals surface area contributed by atoms with Crippen LogP contribution in [-0.4, -0.2) is 6.34 Å². The summed E-state index contributed by atoms with van der Waals surface area (Å²) in [5, 5.41) is 2.69. The summed E-state index contributed by atoms with van der Waals surface area (Å²) < 4.78 is 2.39. The zero-order valence-corrected chi connectivity index (χ0v) is 23.5. The van der Waals surface area contributed by atoms with Gasteiger partial charge in [-0.2, -0.15) is 0 Å². The van der Waals surface area contributed by atoms with E-state index in [-0.39, 0.29) is 10.8 Å². The van der Waals surface area contributed by atoms with Crippen LogP contribution in [0.4, 0.5) is 11.4 Å². The standard InChI is InChI=1S/C33H39N2P/c1-32(2,3)26-17-21-28(22-18-26)34-25-35(29-23-19-27(20-24-29)33(4,5)6)36(30-13-9-7-10-14-30)31-15-11-8-12-16-31/h7,9-11,13-25H,8,12H2,1-6H3. The first kappa shape index (κ1) is 26.1. The lowest BCUT2D eigenvalue weighted by atomic mass is 9.87. The number of benzene rings is 3. The van der Waals surface area contributed by atoms with Gasteiger partial charge >= 0.3 is 0 Å². The number of hydrogen-bond acceptors (Lipinski definition) is 1. The van der Waals surface area contributed by atoms with Crippen molar-refractivity contribution in [2.75, 3.05) is 4.67 Å². The largest absolute Gasteiger partial charge is 0.302 e. The van der Waals surface area contributed by atoms with E-state index >= 15 is 0 Å². The third-order valence-electron chi connectivity index (χ3n) is 6.48. The normalized spacial score (nSPS) is 15.1. The molecular weight excluding hydrogens is 455 g/mol. The van der Waals surface area contributed by atoms with E-state index < -0.39 is 8.07 Å². The topological polar surface area (TPSA) is 15.6 Å². The molecule has 0 heterocycles. The van der Waals surface area contributed by atoms with Crippen molar-refractivity contribution in [1.82, 2.24) is 0 Å². The maximum atomic E-state index is 4.98. The first-order chi connectivity index (χ1) is 17.1. The van der Waals surface area contributed by atoms with Crippen molar-refractivity contribution in [1.29, 1.82) is 0 Å². The van der Waals surface area contributed by atoms with Gasteiger partial charge in [-0.05, 0) is 64.4 Å². The van der Waals surface area contributed by atoms with Gasteiger partial charge in [-0.3, -0.25) is 0 Å². The van der Waals surface area contributed by atoms with Crippen LogP contribution < -0.4 is 9.97 Å². The summed E-state index contributed by atoms with van der Waals surface area (Å²) in [5.41, 5.74) is 5.03. The van der Waals surface area contributed by atoms with Crippen molar-refractivity contribution in [2.45, 2.75) is 65.2 Å². The molecule has 4 rings (SSSR count). The van der Waals surface area contributed by atoms with Gasteiger partial charge in [-0.25, -0.2) is 4.99 Å². The molecule has 186 valence electrons. The van der Waals surface area contributed by atoms with Gasteiger partial charge < -0.3 is 4.67 Å². The second-order valence-corrected chi connectivity index (χ2v) is 13.5. The highest BCUT2D eigenvalue weighted by atomic mass is 31.1. The monoisotopic (exact) mass is 494 g/mol. The summed E-state index contributed by atoms with van der Waals surface area (Å²) in [7, 11) is -0.814. The van der Waals surface area contributed by atoms with Crippen molar-refractivity contribution >= 4 is 31.1 Å². The molecule has 2 nitrogen and oxygen atoms in total. The highest BCUT2D eigenvalue weighted by Gasteiger charge is 2.24. The highest BCUT2D eigenvalue weighted by Crippen LogP contribution is 2.51. The Hall–Kier alpha value is -2.96. The molecule has 0 bridgehead atoms. The summed E-state index contributed by atoms with van der Waals surface area (Å²) in [4.78, 5) is 4.98. The quantitative estimate of drug-likeness (QED) is 0.189. The molecule has 3 aromatic rings. The van der Waals surface area contributed by atoms with Gasteiger partial charge in [-0.1, -0.05) is 114 Å². The number of hydrogen-bond donors (Lipinski definition) is 0. The number of rotatable bonds is 6. The lowest BCUT2D eigenvalue weighted by Gasteiger charge is -2.32. The molecule has 0 saturated heterocycles. The van der Waals surface area contributed by atoms with Gasteiger partial charge in [0.25, 0.3) is 0 Å². The summed E-state index contributed by atoms with van der Waals surface area (Å²) in [6.07, 6.45) is 11.2. The van der Waals surface area contributed by atoms with Gasteiger partial charge in [0.05, 0.1) is 20.1 Å². The number of anilines is 1.